The van der Waals surface area contributed by atoms with Crippen molar-refractivity contribution in [2.75, 3.05) is 0 Å². The first kappa shape index (κ1) is 20.7. The molecule has 0 N–H and O–H groups in total. The minimum absolute atomic E-state index is 0.0509. The molecule has 0 aromatic rings. The summed E-state index contributed by atoms with van der Waals surface area (Å²) in [5, 5.41) is 0. The second kappa shape index (κ2) is 6.55. The fourth-order valence-electron chi connectivity index (χ4n) is 4.56. The van der Waals surface area contributed by atoms with Crippen LogP contribution < -0.4 is 0 Å². The molecular weight excluding hydrogens is 312 g/mol. The summed E-state index contributed by atoms with van der Waals surface area (Å²) in [4.78, 5) is 12.6. The standard InChI is InChI=1S/C22H40O3/c1-10-20(5,6)18(23)25-17(14-19(2,3)4)24-16-13-15-11-12-22(16,9)21(15,7)8/h15-17H,10-14H2,1-9H3. The lowest BCUT2D eigenvalue weighted by molar-refractivity contribution is -0.219. The second-order valence-electron chi connectivity index (χ2n) is 11.1. The van der Waals surface area contributed by atoms with Gasteiger partial charge in [-0.25, -0.2) is 0 Å². The van der Waals surface area contributed by atoms with Gasteiger partial charge in [0.2, 0.25) is 6.29 Å². The van der Waals surface area contributed by atoms with Crippen molar-refractivity contribution in [2.45, 2.75) is 107 Å². The molecule has 2 saturated carbocycles. The van der Waals surface area contributed by atoms with E-state index in [0.717, 1.165) is 25.2 Å². The highest BCUT2D eigenvalue weighted by molar-refractivity contribution is 5.75. The van der Waals surface area contributed by atoms with Gasteiger partial charge in [-0.15, -0.1) is 0 Å². The fourth-order valence-corrected chi connectivity index (χ4v) is 4.56. The summed E-state index contributed by atoms with van der Waals surface area (Å²) in [6.45, 7) is 19.6. The van der Waals surface area contributed by atoms with Gasteiger partial charge in [0.1, 0.15) is 0 Å². The SMILES string of the molecule is CCC(C)(C)C(=O)OC(CC(C)(C)C)OC1CC2CCC1(C)C2(C)C. The van der Waals surface area contributed by atoms with Gasteiger partial charge in [0.25, 0.3) is 0 Å². The zero-order valence-electron chi connectivity index (χ0n) is 18.0. The lowest BCUT2D eigenvalue weighted by atomic mass is 9.70. The molecule has 4 atom stereocenters. The highest BCUT2D eigenvalue weighted by Crippen LogP contribution is 2.66. The van der Waals surface area contributed by atoms with Crippen LogP contribution in [-0.4, -0.2) is 18.4 Å². The molecule has 0 heterocycles. The number of hydrogen-bond donors (Lipinski definition) is 0. The Balaban J connectivity index is 2.14. The molecule has 146 valence electrons. The van der Waals surface area contributed by atoms with E-state index in [1.165, 1.54) is 12.8 Å². The van der Waals surface area contributed by atoms with E-state index in [0.29, 0.717) is 5.41 Å². The zero-order valence-corrected chi connectivity index (χ0v) is 18.0. The van der Waals surface area contributed by atoms with Gasteiger partial charge in [0.15, 0.2) is 0 Å². The Morgan fingerprint density at radius 3 is 2.16 bits per heavy atom. The van der Waals surface area contributed by atoms with Crippen molar-refractivity contribution in [3.63, 3.8) is 0 Å². The van der Waals surface area contributed by atoms with Gasteiger partial charge < -0.3 is 9.47 Å². The van der Waals surface area contributed by atoms with Gasteiger partial charge in [0.05, 0.1) is 11.5 Å². The summed E-state index contributed by atoms with van der Waals surface area (Å²) in [7, 11) is 0. The summed E-state index contributed by atoms with van der Waals surface area (Å²) < 4.78 is 12.4. The normalized spacial score (nSPS) is 32.7. The van der Waals surface area contributed by atoms with E-state index in [4.69, 9.17) is 9.47 Å². The summed E-state index contributed by atoms with van der Waals surface area (Å²) in [5.41, 5.74) is 0.0732. The maximum atomic E-state index is 12.6. The largest absolute Gasteiger partial charge is 0.435 e. The number of ether oxygens (including phenoxy) is 2. The molecule has 0 aromatic carbocycles. The van der Waals surface area contributed by atoms with Crippen molar-refractivity contribution in [3.05, 3.63) is 0 Å². The Morgan fingerprint density at radius 2 is 1.76 bits per heavy atom. The van der Waals surface area contributed by atoms with Gasteiger partial charge in [-0.3, -0.25) is 4.79 Å². The summed E-state index contributed by atoms with van der Waals surface area (Å²) >= 11 is 0. The molecule has 3 heteroatoms. The number of fused-ring (bicyclic) bond motifs is 2. The van der Waals surface area contributed by atoms with Gasteiger partial charge in [-0.2, -0.15) is 0 Å². The smallest absolute Gasteiger partial charge is 0.313 e. The molecule has 2 aliphatic carbocycles. The molecule has 0 saturated heterocycles. The van der Waals surface area contributed by atoms with Crippen LogP contribution in [0.5, 0.6) is 0 Å². The van der Waals surface area contributed by atoms with Gasteiger partial charge in [-0.05, 0) is 61.7 Å². The molecule has 4 unspecified atom stereocenters. The van der Waals surface area contributed by atoms with Gasteiger partial charge >= 0.3 is 5.97 Å². The molecule has 0 aromatic heterocycles. The number of carbonyl (C=O) groups excluding carboxylic acids is 1. The molecule has 2 bridgehead atoms. The van der Waals surface area contributed by atoms with Crippen molar-refractivity contribution < 1.29 is 14.3 Å². The minimum Gasteiger partial charge on any atom is -0.435 e. The third-order valence-corrected chi connectivity index (χ3v) is 7.48. The van der Waals surface area contributed by atoms with Crippen LogP contribution in [0.25, 0.3) is 0 Å². The lowest BCUT2D eigenvalue weighted by Crippen LogP contribution is -2.42. The van der Waals surface area contributed by atoms with Crippen molar-refractivity contribution in [1.29, 1.82) is 0 Å². The number of carbonyl (C=O) groups is 1. The molecule has 2 rings (SSSR count). The van der Waals surface area contributed by atoms with Crippen LogP contribution >= 0.6 is 0 Å². The first-order valence-corrected chi connectivity index (χ1v) is 10.1. The third kappa shape index (κ3) is 3.91. The topological polar surface area (TPSA) is 35.5 Å². The van der Waals surface area contributed by atoms with E-state index in [1.807, 2.05) is 20.8 Å². The fraction of sp³-hybridized carbons (Fsp3) is 0.955. The highest BCUT2D eigenvalue weighted by atomic mass is 16.7. The maximum Gasteiger partial charge on any atom is 0.313 e. The molecule has 0 spiro atoms. The zero-order chi connectivity index (χ0) is 19.3. The van der Waals surface area contributed by atoms with Crippen LogP contribution in [0, 0.1) is 27.6 Å². The Hall–Kier alpha value is -0.570. The van der Waals surface area contributed by atoms with E-state index in [9.17, 15) is 4.79 Å². The number of esters is 1. The lowest BCUT2D eigenvalue weighted by Gasteiger charge is -2.41. The molecule has 2 fully saturated rings. The quantitative estimate of drug-likeness (QED) is 0.437. The second-order valence-corrected chi connectivity index (χ2v) is 11.1. The Morgan fingerprint density at radius 1 is 1.16 bits per heavy atom. The number of rotatable bonds is 6. The Bertz CT molecular complexity index is 500. The first-order chi connectivity index (χ1) is 11.2. The molecule has 0 aliphatic heterocycles. The van der Waals surface area contributed by atoms with Crippen LogP contribution in [0.4, 0.5) is 0 Å². The summed E-state index contributed by atoms with van der Waals surface area (Å²) in [6.07, 6.45) is 4.85. The number of hydrogen-bond acceptors (Lipinski definition) is 3. The molecule has 0 amide bonds. The van der Waals surface area contributed by atoms with E-state index < -0.39 is 11.7 Å². The van der Waals surface area contributed by atoms with E-state index in [-0.39, 0.29) is 22.9 Å². The van der Waals surface area contributed by atoms with Crippen molar-refractivity contribution >= 4 is 5.97 Å². The Labute approximate surface area is 155 Å². The van der Waals surface area contributed by atoms with E-state index >= 15 is 0 Å². The molecule has 2 aliphatic rings. The molecule has 25 heavy (non-hydrogen) atoms. The third-order valence-electron chi connectivity index (χ3n) is 7.48. The van der Waals surface area contributed by atoms with Crippen molar-refractivity contribution in [1.82, 2.24) is 0 Å². The van der Waals surface area contributed by atoms with Gasteiger partial charge in [-0.1, -0.05) is 48.5 Å². The van der Waals surface area contributed by atoms with Crippen LogP contribution in [-0.2, 0) is 14.3 Å². The van der Waals surface area contributed by atoms with E-state index in [2.05, 4.69) is 41.5 Å². The predicted molar refractivity (Wildman–Crippen MR) is 102 cm³/mol. The van der Waals surface area contributed by atoms with Crippen LogP contribution in [0.15, 0.2) is 0 Å². The average Bonchev–Trinajstić information content (AvgIpc) is 2.78. The summed E-state index contributed by atoms with van der Waals surface area (Å²) in [6, 6.07) is 0. The van der Waals surface area contributed by atoms with Crippen LogP contribution in [0.1, 0.15) is 94.4 Å². The Kier molecular flexibility index (Phi) is 5.43. The molecular formula is C22H40O3. The minimum atomic E-state index is -0.461. The van der Waals surface area contributed by atoms with Crippen molar-refractivity contribution in [3.8, 4) is 0 Å². The predicted octanol–water partition coefficient (Wildman–Crippen LogP) is 5.96. The van der Waals surface area contributed by atoms with Crippen molar-refractivity contribution in [2.24, 2.45) is 27.6 Å². The average molecular weight is 353 g/mol. The van der Waals surface area contributed by atoms with Crippen LogP contribution in [0.2, 0.25) is 0 Å². The highest BCUT2D eigenvalue weighted by Gasteiger charge is 2.62. The summed E-state index contributed by atoms with van der Waals surface area (Å²) in [5.74, 6) is 0.581. The maximum absolute atomic E-state index is 12.6. The van der Waals surface area contributed by atoms with Gasteiger partial charge in [0, 0.05) is 6.42 Å². The molecule has 3 nitrogen and oxygen atoms in total. The van der Waals surface area contributed by atoms with Crippen LogP contribution in [0.3, 0.4) is 0 Å². The van der Waals surface area contributed by atoms with E-state index in [1.54, 1.807) is 0 Å². The first-order valence-electron chi connectivity index (χ1n) is 10.1. The monoisotopic (exact) mass is 352 g/mol. The molecule has 0 radical (unpaired) electrons.